The first-order valence-electron chi connectivity index (χ1n) is 13.4. The van der Waals surface area contributed by atoms with Crippen molar-refractivity contribution in [2.75, 3.05) is 41.5 Å². The van der Waals surface area contributed by atoms with E-state index in [2.05, 4.69) is 21.2 Å². The topological polar surface area (TPSA) is 108 Å². The molecule has 2 aromatic carbocycles. The number of benzene rings is 2. The first-order valence-corrected chi connectivity index (χ1v) is 14.2. The van der Waals surface area contributed by atoms with Crippen LogP contribution in [0.25, 0.3) is 6.08 Å². The Morgan fingerprint density at radius 1 is 0.905 bits per heavy atom. The Morgan fingerprint density at radius 2 is 1.62 bits per heavy atom. The van der Waals surface area contributed by atoms with E-state index in [0.29, 0.717) is 48.2 Å². The van der Waals surface area contributed by atoms with Crippen LogP contribution in [0.2, 0.25) is 0 Å². The number of piperidine rings is 1. The third-order valence-corrected chi connectivity index (χ3v) is 8.16. The summed E-state index contributed by atoms with van der Waals surface area (Å²) < 4.78 is 24.3. The summed E-state index contributed by atoms with van der Waals surface area (Å²) in [6, 6.07) is 13.8. The number of hydrogen-bond donors (Lipinski definition) is 1. The Hall–Kier alpha value is -4.25. The molecule has 0 unspecified atom stereocenters. The molecule has 2 amide bonds. The molecule has 0 radical (unpaired) electrons. The van der Waals surface area contributed by atoms with Crippen LogP contribution in [0.5, 0.6) is 23.0 Å². The zero-order valence-electron chi connectivity index (χ0n) is 23.8. The Kier molecular flexibility index (Phi) is 8.58. The van der Waals surface area contributed by atoms with E-state index < -0.39 is 5.91 Å². The summed E-state index contributed by atoms with van der Waals surface area (Å²) in [5.41, 5.74) is 1.80. The molecule has 10 nitrogen and oxygen atoms in total. The van der Waals surface area contributed by atoms with E-state index >= 15 is 0 Å². The van der Waals surface area contributed by atoms with E-state index in [4.69, 9.17) is 18.9 Å². The fourth-order valence-electron chi connectivity index (χ4n) is 5.76. The monoisotopic (exact) mass is 637 g/mol. The highest BCUT2D eigenvalue weighted by Crippen LogP contribution is 2.39. The molecule has 42 heavy (non-hydrogen) atoms. The van der Waals surface area contributed by atoms with Gasteiger partial charge in [-0.15, -0.1) is 0 Å². The van der Waals surface area contributed by atoms with Crippen LogP contribution in [0.3, 0.4) is 0 Å². The molecule has 0 saturated carbocycles. The van der Waals surface area contributed by atoms with Crippen LogP contribution < -0.4 is 29.8 Å². The van der Waals surface area contributed by atoms with Crippen molar-refractivity contribution in [3.05, 3.63) is 85.9 Å². The van der Waals surface area contributed by atoms with Gasteiger partial charge in [-0.1, -0.05) is 22.0 Å². The first kappa shape index (κ1) is 29.2. The molecule has 3 aromatic rings. The Bertz CT molecular complexity index is 1590. The molecule has 1 fully saturated rings. The Balaban J connectivity index is 1.51. The van der Waals surface area contributed by atoms with Crippen LogP contribution in [0.1, 0.15) is 34.0 Å². The molecular formula is C31H32BrN3O7. The van der Waals surface area contributed by atoms with Crippen molar-refractivity contribution in [3.8, 4) is 23.0 Å². The average molecular weight is 639 g/mol. The van der Waals surface area contributed by atoms with E-state index in [0.717, 1.165) is 16.6 Å². The number of amides is 2. The number of carbonyl (C=O) groups is 2. The summed E-state index contributed by atoms with van der Waals surface area (Å²) >= 11 is 3.48. The smallest absolute Gasteiger partial charge is 0.270 e. The highest BCUT2D eigenvalue weighted by Gasteiger charge is 2.37. The number of pyridine rings is 1. The molecular weight excluding hydrogens is 606 g/mol. The van der Waals surface area contributed by atoms with Crippen molar-refractivity contribution in [2.24, 2.45) is 5.92 Å². The van der Waals surface area contributed by atoms with Crippen LogP contribution in [0.15, 0.2) is 63.5 Å². The lowest BCUT2D eigenvalue weighted by Gasteiger charge is -2.43. The molecule has 5 rings (SSSR count). The van der Waals surface area contributed by atoms with Crippen molar-refractivity contribution in [3.63, 3.8) is 0 Å². The number of rotatable bonds is 8. The Labute approximate surface area is 251 Å². The van der Waals surface area contributed by atoms with E-state index in [1.54, 1.807) is 36.3 Å². The number of methoxy groups -OCH3 is 4. The van der Waals surface area contributed by atoms with Gasteiger partial charge >= 0.3 is 0 Å². The second-order valence-electron chi connectivity index (χ2n) is 10.2. The average Bonchev–Trinajstić information content (AvgIpc) is 3.00. The fraction of sp³-hybridized carbons (Fsp3) is 0.323. The van der Waals surface area contributed by atoms with Crippen LogP contribution in [-0.2, 0) is 11.3 Å². The largest absolute Gasteiger partial charge is 0.496 e. The van der Waals surface area contributed by atoms with Gasteiger partial charge in [0.25, 0.3) is 17.4 Å². The molecule has 1 saturated heterocycles. The standard InChI is InChI=1S/C31H32BrN3O7/c1-39-25-9-8-22(32)11-19(25)12-23(33-30(37)20-13-26(40-2)29(42-4)27(14-20)41-3)31(38)34-15-18-10-21(17-34)24-6-5-7-28(36)35(24)16-18/h5-9,11-14,18,21H,10,15-17H2,1-4H3,(H,33,37)/b23-12-/t18-,21-/m0/s1. The van der Waals surface area contributed by atoms with Gasteiger partial charge in [0.2, 0.25) is 5.75 Å². The molecule has 220 valence electrons. The maximum atomic E-state index is 14.2. The molecule has 2 bridgehead atoms. The normalized spacial score (nSPS) is 17.6. The quantitative estimate of drug-likeness (QED) is 0.371. The second kappa shape index (κ2) is 12.3. The number of aromatic nitrogens is 1. The van der Waals surface area contributed by atoms with E-state index in [1.807, 2.05) is 22.8 Å². The maximum Gasteiger partial charge on any atom is 0.270 e. The number of fused-ring (bicyclic) bond motifs is 4. The van der Waals surface area contributed by atoms with Gasteiger partial charge in [0, 0.05) is 52.9 Å². The third kappa shape index (κ3) is 5.74. The number of halogens is 1. The Morgan fingerprint density at radius 3 is 2.29 bits per heavy atom. The van der Waals surface area contributed by atoms with Crippen LogP contribution >= 0.6 is 15.9 Å². The first-order chi connectivity index (χ1) is 20.3. The lowest BCUT2D eigenvalue weighted by molar-refractivity contribution is -0.130. The summed E-state index contributed by atoms with van der Waals surface area (Å²) in [6.07, 6.45) is 2.51. The number of hydrogen-bond acceptors (Lipinski definition) is 7. The molecule has 2 atom stereocenters. The lowest BCUT2D eigenvalue weighted by atomic mass is 9.83. The minimum atomic E-state index is -0.531. The second-order valence-corrected chi connectivity index (χ2v) is 11.1. The number of ether oxygens (including phenoxy) is 4. The summed E-state index contributed by atoms with van der Waals surface area (Å²) in [7, 11) is 5.95. The highest BCUT2D eigenvalue weighted by atomic mass is 79.9. The van der Waals surface area contributed by atoms with Gasteiger partial charge in [0.15, 0.2) is 11.5 Å². The fourth-order valence-corrected chi connectivity index (χ4v) is 6.14. The van der Waals surface area contributed by atoms with Crippen LogP contribution in [0.4, 0.5) is 0 Å². The van der Waals surface area contributed by atoms with Crippen molar-refractivity contribution in [1.29, 1.82) is 0 Å². The van der Waals surface area contributed by atoms with Gasteiger partial charge in [-0.2, -0.15) is 0 Å². The van der Waals surface area contributed by atoms with Crippen molar-refractivity contribution in [1.82, 2.24) is 14.8 Å². The molecule has 11 heteroatoms. The zero-order valence-corrected chi connectivity index (χ0v) is 25.4. The SMILES string of the molecule is COc1ccc(Br)cc1/C=C(\NC(=O)c1cc(OC)c(OC)c(OC)c1)C(=O)N1C[C@@H]2C[C@@H](C1)c1cccc(=O)n1C2. The summed E-state index contributed by atoms with van der Waals surface area (Å²) in [4.78, 5) is 42.0. The number of nitrogens with zero attached hydrogens (tertiary/aromatic N) is 2. The molecule has 2 aliphatic rings. The van der Waals surface area contributed by atoms with Crippen molar-refractivity contribution >= 4 is 33.8 Å². The zero-order chi connectivity index (χ0) is 30.0. The van der Waals surface area contributed by atoms with E-state index in [-0.39, 0.29) is 34.6 Å². The van der Waals surface area contributed by atoms with Gasteiger partial charge in [-0.3, -0.25) is 14.4 Å². The molecule has 3 heterocycles. The molecule has 1 aromatic heterocycles. The minimum Gasteiger partial charge on any atom is -0.496 e. The highest BCUT2D eigenvalue weighted by molar-refractivity contribution is 9.10. The maximum absolute atomic E-state index is 14.2. The molecule has 0 spiro atoms. The van der Waals surface area contributed by atoms with Crippen molar-refractivity contribution in [2.45, 2.75) is 18.9 Å². The van der Waals surface area contributed by atoms with Crippen LogP contribution in [0, 0.1) is 5.92 Å². The summed E-state index contributed by atoms with van der Waals surface area (Å²) in [6.45, 7) is 1.43. The van der Waals surface area contributed by atoms with Gasteiger partial charge < -0.3 is 33.7 Å². The number of likely N-dealkylation sites (tertiary alicyclic amines) is 1. The molecule has 0 aliphatic carbocycles. The summed E-state index contributed by atoms with van der Waals surface area (Å²) in [5.74, 6) is 0.776. The number of carbonyl (C=O) groups excluding carboxylic acids is 2. The molecule has 1 N–H and O–H groups in total. The third-order valence-electron chi connectivity index (χ3n) is 7.66. The van der Waals surface area contributed by atoms with Gasteiger partial charge in [0.05, 0.1) is 28.4 Å². The van der Waals surface area contributed by atoms with E-state index in [9.17, 15) is 14.4 Å². The summed E-state index contributed by atoms with van der Waals surface area (Å²) in [5, 5.41) is 2.84. The van der Waals surface area contributed by atoms with Crippen LogP contribution in [-0.4, -0.2) is 62.8 Å². The lowest BCUT2D eigenvalue weighted by Crippen LogP contribution is -2.50. The predicted molar refractivity (Wildman–Crippen MR) is 160 cm³/mol. The van der Waals surface area contributed by atoms with Gasteiger partial charge in [-0.25, -0.2) is 0 Å². The van der Waals surface area contributed by atoms with Gasteiger partial charge in [-0.05, 0) is 54.8 Å². The van der Waals surface area contributed by atoms with E-state index in [1.165, 1.54) is 33.5 Å². The predicted octanol–water partition coefficient (Wildman–Crippen LogP) is 4.06. The minimum absolute atomic E-state index is 0.0165. The van der Waals surface area contributed by atoms with Gasteiger partial charge in [0.1, 0.15) is 11.4 Å². The number of nitrogens with one attached hydrogen (secondary N) is 1. The molecule has 2 aliphatic heterocycles. The van der Waals surface area contributed by atoms with Crippen molar-refractivity contribution < 1.29 is 28.5 Å².